The van der Waals surface area contributed by atoms with Crippen LogP contribution in [0, 0.1) is 6.92 Å². The number of halogens is 2. The van der Waals surface area contributed by atoms with Crippen LogP contribution in [0.3, 0.4) is 0 Å². The molecule has 0 aliphatic rings. The second-order valence-corrected chi connectivity index (χ2v) is 5.24. The molecule has 20 heavy (non-hydrogen) atoms. The molecule has 3 nitrogen and oxygen atoms in total. The van der Waals surface area contributed by atoms with Gasteiger partial charge in [0.15, 0.2) is 0 Å². The summed E-state index contributed by atoms with van der Waals surface area (Å²) in [6.07, 6.45) is 0.186. The fourth-order valence-electron chi connectivity index (χ4n) is 1.79. The molecule has 0 atom stereocenters. The molecule has 104 valence electrons. The quantitative estimate of drug-likeness (QED) is 0.893. The zero-order valence-corrected chi connectivity index (χ0v) is 12.3. The predicted molar refractivity (Wildman–Crippen MR) is 81.6 cm³/mol. The Hall–Kier alpha value is -1.71. The molecular weight excluding hydrogens is 297 g/mol. The van der Waals surface area contributed by atoms with Crippen LogP contribution in [-0.2, 0) is 11.2 Å². The van der Waals surface area contributed by atoms with E-state index in [4.69, 9.17) is 23.2 Å². The van der Waals surface area contributed by atoms with Gasteiger partial charge < -0.3 is 10.4 Å². The standard InChI is InChI=1S/C15H13Cl2NO2/c1-9-13(3-2-4-14(9)19)18-15(20)8-10-5-6-11(16)12(17)7-10/h2-7,19H,8H2,1H3,(H,18,20). The van der Waals surface area contributed by atoms with Gasteiger partial charge in [-0.2, -0.15) is 0 Å². The first-order chi connectivity index (χ1) is 9.47. The van der Waals surface area contributed by atoms with E-state index in [1.165, 1.54) is 0 Å². The third-order valence-corrected chi connectivity index (χ3v) is 3.67. The largest absolute Gasteiger partial charge is 0.508 e. The van der Waals surface area contributed by atoms with Crippen molar-refractivity contribution in [1.82, 2.24) is 0 Å². The maximum Gasteiger partial charge on any atom is 0.228 e. The fraction of sp³-hybridized carbons (Fsp3) is 0.133. The molecule has 2 rings (SSSR count). The normalized spacial score (nSPS) is 10.3. The third kappa shape index (κ3) is 3.44. The van der Waals surface area contributed by atoms with E-state index in [1.807, 2.05) is 0 Å². The van der Waals surface area contributed by atoms with E-state index in [9.17, 15) is 9.90 Å². The van der Waals surface area contributed by atoms with Crippen LogP contribution in [0.1, 0.15) is 11.1 Å². The molecule has 0 radical (unpaired) electrons. The minimum Gasteiger partial charge on any atom is -0.508 e. The smallest absolute Gasteiger partial charge is 0.228 e. The molecule has 0 aliphatic carbocycles. The number of phenolic OH excluding ortho intramolecular Hbond substituents is 1. The molecule has 0 bridgehead atoms. The number of hydrogen-bond donors (Lipinski definition) is 2. The lowest BCUT2D eigenvalue weighted by Crippen LogP contribution is -2.15. The molecule has 0 saturated heterocycles. The third-order valence-electron chi connectivity index (χ3n) is 2.93. The summed E-state index contributed by atoms with van der Waals surface area (Å²) in [6, 6.07) is 10.1. The Morgan fingerprint density at radius 3 is 2.65 bits per heavy atom. The number of nitrogens with one attached hydrogen (secondary N) is 1. The Morgan fingerprint density at radius 1 is 1.20 bits per heavy atom. The Morgan fingerprint density at radius 2 is 1.95 bits per heavy atom. The Balaban J connectivity index is 2.09. The lowest BCUT2D eigenvalue weighted by atomic mass is 10.1. The summed E-state index contributed by atoms with van der Waals surface area (Å²) < 4.78 is 0. The lowest BCUT2D eigenvalue weighted by Gasteiger charge is -2.09. The number of hydrogen-bond acceptors (Lipinski definition) is 2. The van der Waals surface area contributed by atoms with Crippen molar-refractivity contribution in [3.63, 3.8) is 0 Å². The van der Waals surface area contributed by atoms with E-state index >= 15 is 0 Å². The molecule has 2 aromatic carbocycles. The molecule has 5 heteroatoms. The summed E-state index contributed by atoms with van der Waals surface area (Å²) in [5.74, 6) is -0.0329. The highest BCUT2D eigenvalue weighted by molar-refractivity contribution is 6.42. The molecule has 0 unspecified atom stereocenters. The van der Waals surface area contributed by atoms with Gasteiger partial charge in [-0.15, -0.1) is 0 Å². The lowest BCUT2D eigenvalue weighted by molar-refractivity contribution is -0.115. The van der Waals surface area contributed by atoms with Gasteiger partial charge in [-0.05, 0) is 36.8 Å². The summed E-state index contributed by atoms with van der Waals surface area (Å²) in [7, 11) is 0. The summed E-state index contributed by atoms with van der Waals surface area (Å²) in [6.45, 7) is 1.74. The highest BCUT2D eigenvalue weighted by Crippen LogP contribution is 2.25. The molecule has 0 saturated carbocycles. The first-order valence-electron chi connectivity index (χ1n) is 5.99. The monoisotopic (exact) mass is 309 g/mol. The minimum absolute atomic E-state index is 0.150. The van der Waals surface area contributed by atoms with Crippen molar-refractivity contribution < 1.29 is 9.90 Å². The van der Waals surface area contributed by atoms with Crippen LogP contribution in [0.2, 0.25) is 10.0 Å². The van der Waals surface area contributed by atoms with Gasteiger partial charge in [-0.1, -0.05) is 35.3 Å². The van der Waals surface area contributed by atoms with Crippen LogP contribution in [-0.4, -0.2) is 11.0 Å². The Bertz CT molecular complexity index is 656. The van der Waals surface area contributed by atoms with Crippen molar-refractivity contribution in [2.24, 2.45) is 0 Å². The first kappa shape index (κ1) is 14.7. The SMILES string of the molecule is Cc1c(O)cccc1NC(=O)Cc1ccc(Cl)c(Cl)c1. The number of rotatable bonds is 3. The Kier molecular flexibility index (Phi) is 4.53. The Labute approximate surface area is 127 Å². The van der Waals surface area contributed by atoms with Crippen LogP contribution in [0.15, 0.2) is 36.4 Å². The number of carbonyl (C=O) groups excluding carboxylic acids is 1. The van der Waals surface area contributed by atoms with Crippen molar-refractivity contribution in [2.45, 2.75) is 13.3 Å². The number of aromatic hydroxyl groups is 1. The fourth-order valence-corrected chi connectivity index (χ4v) is 2.11. The molecular formula is C15H13Cl2NO2. The highest BCUT2D eigenvalue weighted by Gasteiger charge is 2.09. The van der Waals surface area contributed by atoms with Crippen molar-refractivity contribution >= 4 is 34.8 Å². The number of phenols is 1. The minimum atomic E-state index is -0.183. The van der Waals surface area contributed by atoms with Gasteiger partial charge in [0.05, 0.1) is 16.5 Å². The number of anilines is 1. The maximum absolute atomic E-state index is 12.0. The van der Waals surface area contributed by atoms with E-state index in [-0.39, 0.29) is 18.1 Å². The van der Waals surface area contributed by atoms with Gasteiger partial charge in [-0.3, -0.25) is 4.79 Å². The molecule has 0 fully saturated rings. The summed E-state index contributed by atoms with van der Waals surface area (Å²) in [5.41, 5.74) is 2.00. The van der Waals surface area contributed by atoms with Crippen molar-refractivity contribution in [3.8, 4) is 5.75 Å². The zero-order valence-electron chi connectivity index (χ0n) is 10.8. The number of carbonyl (C=O) groups is 1. The van der Waals surface area contributed by atoms with Crippen molar-refractivity contribution in [1.29, 1.82) is 0 Å². The van der Waals surface area contributed by atoms with Crippen LogP contribution >= 0.6 is 23.2 Å². The number of amides is 1. The van der Waals surface area contributed by atoms with Crippen LogP contribution < -0.4 is 5.32 Å². The molecule has 0 aromatic heterocycles. The van der Waals surface area contributed by atoms with E-state index in [0.29, 0.717) is 21.3 Å². The average Bonchev–Trinajstić information content (AvgIpc) is 2.39. The van der Waals surface area contributed by atoms with E-state index in [2.05, 4.69) is 5.32 Å². The maximum atomic E-state index is 12.0. The molecule has 0 heterocycles. The van der Waals surface area contributed by atoms with Crippen LogP contribution in [0.5, 0.6) is 5.75 Å². The van der Waals surface area contributed by atoms with Gasteiger partial charge in [0.1, 0.15) is 5.75 Å². The molecule has 2 aromatic rings. The average molecular weight is 310 g/mol. The summed E-state index contributed by atoms with van der Waals surface area (Å²) in [4.78, 5) is 12.0. The molecule has 2 N–H and O–H groups in total. The van der Waals surface area contributed by atoms with Gasteiger partial charge in [-0.25, -0.2) is 0 Å². The predicted octanol–water partition coefficient (Wildman–Crippen LogP) is 4.19. The molecule has 0 spiro atoms. The molecule has 1 amide bonds. The van der Waals surface area contributed by atoms with Gasteiger partial charge >= 0.3 is 0 Å². The van der Waals surface area contributed by atoms with Crippen LogP contribution in [0.4, 0.5) is 5.69 Å². The zero-order chi connectivity index (χ0) is 14.7. The van der Waals surface area contributed by atoms with E-state index in [1.54, 1.807) is 43.3 Å². The molecule has 0 aliphatic heterocycles. The highest BCUT2D eigenvalue weighted by atomic mass is 35.5. The van der Waals surface area contributed by atoms with E-state index < -0.39 is 0 Å². The number of benzene rings is 2. The van der Waals surface area contributed by atoms with Crippen molar-refractivity contribution in [2.75, 3.05) is 5.32 Å². The summed E-state index contributed by atoms with van der Waals surface area (Å²) in [5, 5.41) is 13.2. The topological polar surface area (TPSA) is 49.3 Å². The van der Waals surface area contributed by atoms with Gasteiger partial charge in [0.25, 0.3) is 0 Å². The first-order valence-corrected chi connectivity index (χ1v) is 6.75. The second-order valence-electron chi connectivity index (χ2n) is 4.42. The van der Waals surface area contributed by atoms with Crippen molar-refractivity contribution in [3.05, 3.63) is 57.6 Å². The van der Waals surface area contributed by atoms with Gasteiger partial charge in [0, 0.05) is 11.3 Å². The second kappa shape index (κ2) is 6.16. The summed E-state index contributed by atoms with van der Waals surface area (Å²) >= 11 is 11.7. The van der Waals surface area contributed by atoms with E-state index in [0.717, 1.165) is 5.56 Å². The van der Waals surface area contributed by atoms with Gasteiger partial charge in [0.2, 0.25) is 5.91 Å². The van der Waals surface area contributed by atoms with Crippen LogP contribution in [0.25, 0.3) is 0 Å².